The summed E-state index contributed by atoms with van der Waals surface area (Å²) >= 11 is 0. The summed E-state index contributed by atoms with van der Waals surface area (Å²) in [6.45, 7) is 4.68. The van der Waals surface area contributed by atoms with Gasteiger partial charge in [0.25, 0.3) is 0 Å². The average Bonchev–Trinajstić information content (AvgIpc) is 2.77. The molecule has 22 heavy (non-hydrogen) atoms. The lowest BCUT2D eigenvalue weighted by atomic mass is 9.44. The van der Waals surface area contributed by atoms with Crippen LogP contribution in [0.15, 0.2) is 0 Å². The van der Waals surface area contributed by atoms with Gasteiger partial charge in [0.2, 0.25) is 0 Å². The minimum absolute atomic E-state index is 0.0816. The van der Waals surface area contributed by atoms with Crippen LogP contribution in [0.2, 0.25) is 0 Å². The first-order valence-corrected chi connectivity index (χ1v) is 9.40. The second-order valence-electron chi connectivity index (χ2n) is 9.36. The zero-order valence-corrected chi connectivity index (χ0v) is 14.0. The molecule has 0 spiro atoms. The van der Waals surface area contributed by atoms with Crippen molar-refractivity contribution in [2.45, 2.75) is 83.5 Å². The predicted molar refractivity (Wildman–Crippen MR) is 85.1 cm³/mol. The Morgan fingerprint density at radius 2 is 1.41 bits per heavy atom. The Balaban J connectivity index is 1.66. The Kier molecular flexibility index (Phi) is 3.46. The summed E-state index contributed by atoms with van der Waals surface area (Å²) in [5.74, 6) is 2.10. The fourth-order valence-corrected chi connectivity index (χ4v) is 7.25. The van der Waals surface area contributed by atoms with Gasteiger partial charge in [-0.1, -0.05) is 13.8 Å². The van der Waals surface area contributed by atoms with E-state index in [0.29, 0.717) is 17.8 Å². The van der Waals surface area contributed by atoms with Crippen molar-refractivity contribution in [2.75, 3.05) is 0 Å². The fraction of sp³-hybridized carbons (Fsp3) is 1.00. The van der Waals surface area contributed by atoms with Crippen molar-refractivity contribution >= 4 is 0 Å². The maximum Gasteiger partial charge on any atom is 0.0596 e. The van der Waals surface area contributed by atoms with Crippen LogP contribution in [0.25, 0.3) is 0 Å². The van der Waals surface area contributed by atoms with Crippen LogP contribution in [0.1, 0.15) is 65.2 Å². The molecule has 4 fully saturated rings. The van der Waals surface area contributed by atoms with Gasteiger partial charge in [-0.25, -0.2) is 0 Å². The first-order valence-electron chi connectivity index (χ1n) is 9.40. The Morgan fingerprint density at radius 1 is 0.727 bits per heavy atom. The largest absolute Gasteiger partial charge is 0.393 e. The molecule has 0 aromatic carbocycles. The quantitative estimate of drug-likeness (QED) is 0.645. The van der Waals surface area contributed by atoms with Crippen molar-refractivity contribution in [1.82, 2.24) is 0 Å². The Morgan fingerprint density at radius 3 is 2.18 bits per heavy atom. The highest BCUT2D eigenvalue weighted by molar-refractivity contribution is 5.11. The van der Waals surface area contributed by atoms with Crippen LogP contribution in [0.4, 0.5) is 0 Å². The molecule has 126 valence electrons. The lowest BCUT2D eigenvalue weighted by Gasteiger charge is -2.61. The van der Waals surface area contributed by atoms with Crippen LogP contribution in [0.3, 0.4) is 0 Å². The van der Waals surface area contributed by atoms with Gasteiger partial charge in [0.05, 0.1) is 18.3 Å². The highest BCUT2D eigenvalue weighted by Crippen LogP contribution is 2.66. The van der Waals surface area contributed by atoms with E-state index < -0.39 is 0 Å². The normalized spacial score (nSPS) is 61.2. The number of hydrogen-bond donors (Lipinski definition) is 3. The molecule has 4 aliphatic rings. The van der Waals surface area contributed by atoms with Gasteiger partial charge in [0.15, 0.2) is 0 Å². The Bertz CT molecular complexity index is 452. The van der Waals surface area contributed by atoms with Crippen LogP contribution in [-0.4, -0.2) is 33.6 Å². The van der Waals surface area contributed by atoms with E-state index in [1.54, 1.807) is 0 Å². The maximum absolute atomic E-state index is 10.8. The third kappa shape index (κ3) is 1.91. The minimum Gasteiger partial charge on any atom is -0.393 e. The van der Waals surface area contributed by atoms with Gasteiger partial charge in [-0.3, -0.25) is 0 Å². The highest BCUT2D eigenvalue weighted by Gasteiger charge is 2.61. The Labute approximate surface area is 134 Å². The third-order valence-corrected chi connectivity index (χ3v) is 8.60. The fourth-order valence-electron chi connectivity index (χ4n) is 7.25. The van der Waals surface area contributed by atoms with Crippen molar-refractivity contribution in [3.63, 3.8) is 0 Å². The Hall–Kier alpha value is -0.120. The van der Waals surface area contributed by atoms with E-state index in [1.807, 2.05) is 0 Å². The smallest absolute Gasteiger partial charge is 0.0596 e. The molecule has 0 aromatic rings. The summed E-state index contributed by atoms with van der Waals surface area (Å²) in [4.78, 5) is 0. The first kappa shape index (κ1) is 15.4. The van der Waals surface area contributed by atoms with E-state index in [-0.39, 0.29) is 35.1 Å². The molecule has 3 nitrogen and oxygen atoms in total. The predicted octanol–water partition coefficient (Wildman–Crippen LogP) is 2.72. The number of fused-ring (bicyclic) bond motifs is 5. The van der Waals surface area contributed by atoms with Gasteiger partial charge in [0, 0.05) is 0 Å². The molecule has 4 aliphatic carbocycles. The first-order chi connectivity index (χ1) is 10.4. The number of aliphatic hydroxyl groups is 3. The molecule has 0 amide bonds. The van der Waals surface area contributed by atoms with E-state index in [4.69, 9.17) is 0 Å². The SMILES string of the molecule is C[C@]12CC[C@H](O)C[C@@H]1C(O)C[C@@H]1[C@@H]2CC[C@]2(C)C(O)CC[C@@H]12. The van der Waals surface area contributed by atoms with E-state index in [9.17, 15) is 15.3 Å². The van der Waals surface area contributed by atoms with Gasteiger partial charge in [-0.2, -0.15) is 0 Å². The molecule has 0 aromatic heterocycles. The van der Waals surface area contributed by atoms with Crippen molar-refractivity contribution < 1.29 is 15.3 Å². The summed E-state index contributed by atoms with van der Waals surface area (Å²) in [7, 11) is 0. The molecule has 0 radical (unpaired) electrons. The number of aliphatic hydroxyl groups excluding tert-OH is 3. The number of rotatable bonds is 0. The lowest BCUT2D eigenvalue weighted by Crippen LogP contribution is -2.58. The monoisotopic (exact) mass is 308 g/mol. The van der Waals surface area contributed by atoms with Crippen LogP contribution < -0.4 is 0 Å². The van der Waals surface area contributed by atoms with Crippen molar-refractivity contribution in [2.24, 2.45) is 34.5 Å². The molecule has 0 saturated heterocycles. The van der Waals surface area contributed by atoms with Crippen LogP contribution in [0, 0.1) is 34.5 Å². The zero-order chi connectivity index (χ0) is 15.7. The van der Waals surface area contributed by atoms with Crippen LogP contribution in [0.5, 0.6) is 0 Å². The minimum atomic E-state index is -0.263. The van der Waals surface area contributed by atoms with Crippen molar-refractivity contribution in [1.29, 1.82) is 0 Å². The maximum atomic E-state index is 10.8. The molecule has 2 unspecified atom stereocenters. The molecule has 3 N–H and O–H groups in total. The van der Waals surface area contributed by atoms with Gasteiger partial charge in [0.1, 0.15) is 0 Å². The van der Waals surface area contributed by atoms with E-state index in [0.717, 1.165) is 44.9 Å². The van der Waals surface area contributed by atoms with Gasteiger partial charge >= 0.3 is 0 Å². The molecule has 0 bridgehead atoms. The van der Waals surface area contributed by atoms with Crippen LogP contribution in [-0.2, 0) is 0 Å². The third-order valence-electron chi connectivity index (χ3n) is 8.60. The molecule has 9 atom stereocenters. The van der Waals surface area contributed by atoms with Gasteiger partial charge < -0.3 is 15.3 Å². The van der Waals surface area contributed by atoms with E-state index in [1.165, 1.54) is 6.42 Å². The molecular formula is C19H32O3. The second kappa shape index (κ2) is 4.94. The standard InChI is InChI=1S/C19H32O3/c1-18-7-5-11(20)9-15(18)16(21)10-12-13-3-4-17(22)19(13,2)8-6-14(12)18/h11-17,20-22H,3-10H2,1-2H3/t11-,12-,13-,14-,15+,16?,17?,18+,19-/m0/s1. The molecule has 0 aliphatic heterocycles. The number of hydrogen-bond acceptors (Lipinski definition) is 3. The summed E-state index contributed by atoms with van der Waals surface area (Å²) < 4.78 is 0. The summed E-state index contributed by atoms with van der Waals surface area (Å²) in [5.41, 5.74) is 0.273. The molecular weight excluding hydrogens is 276 g/mol. The van der Waals surface area contributed by atoms with Crippen molar-refractivity contribution in [3.8, 4) is 0 Å². The van der Waals surface area contributed by atoms with Gasteiger partial charge in [-0.05, 0) is 85.9 Å². The highest BCUT2D eigenvalue weighted by atomic mass is 16.3. The topological polar surface area (TPSA) is 60.7 Å². The lowest BCUT2D eigenvalue weighted by molar-refractivity contribution is -0.174. The van der Waals surface area contributed by atoms with E-state index in [2.05, 4.69) is 13.8 Å². The molecule has 3 heteroatoms. The second-order valence-corrected chi connectivity index (χ2v) is 9.36. The van der Waals surface area contributed by atoms with Gasteiger partial charge in [-0.15, -0.1) is 0 Å². The molecule has 0 heterocycles. The van der Waals surface area contributed by atoms with Crippen LogP contribution >= 0.6 is 0 Å². The summed E-state index contributed by atoms with van der Waals surface area (Å²) in [6.07, 6.45) is 7.42. The average molecular weight is 308 g/mol. The summed E-state index contributed by atoms with van der Waals surface area (Å²) in [5, 5.41) is 31.4. The van der Waals surface area contributed by atoms with Crippen molar-refractivity contribution in [3.05, 3.63) is 0 Å². The molecule has 4 rings (SSSR count). The zero-order valence-electron chi connectivity index (χ0n) is 14.0. The summed E-state index contributed by atoms with van der Waals surface area (Å²) in [6, 6.07) is 0. The molecule has 4 saturated carbocycles. The van der Waals surface area contributed by atoms with E-state index >= 15 is 0 Å².